The Morgan fingerprint density at radius 2 is 2.09 bits per heavy atom. The van der Waals surface area contributed by atoms with Crippen LogP contribution in [0.25, 0.3) is 11.3 Å². The molecule has 186 valence electrons. The van der Waals surface area contributed by atoms with Gasteiger partial charge in [0.2, 0.25) is 5.91 Å². The normalized spacial score (nSPS) is 21.9. The number of methoxy groups -OCH3 is 1. The molecule has 1 amide bonds. The van der Waals surface area contributed by atoms with Crippen LogP contribution in [0.4, 0.5) is 10.1 Å². The Balaban J connectivity index is 1.38. The van der Waals surface area contributed by atoms with E-state index in [4.69, 9.17) is 9.47 Å². The highest BCUT2D eigenvalue weighted by Crippen LogP contribution is 2.30. The Labute approximate surface area is 201 Å². The van der Waals surface area contributed by atoms with Crippen molar-refractivity contribution in [3.63, 3.8) is 0 Å². The van der Waals surface area contributed by atoms with Crippen molar-refractivity contribution in [1.29, 1.82) is 0 Å². The molecule has 2 heterocycles. The molecule has 1 aliphatic rings. The monoisotopic (exact) mass is 485 g/mol. The minimum atomic E-state index is -1.11. The van der Waals surface area contributed by atoms with Gasteiger partial charge in [-0.05, 0) is 24.3 Å². The van der Waals surface area contributed by atoms with Crippen molar-refractivity contribution >= 4 is 11.6 Å². The van der Waals surface area contributed by atoms with Gasteiger partial charge in [-0.25, -0.2) is 9.07 Å². The summed E-state index contributed by atoms with van der Waals surface area (Å²) in [5, 5.41) is 34.6. The topological polar surface area (TPSA) is 131 Å². The number of hydrogen-bond acceptors (Lipinski definition) is 8. The first-order valence-electron chi connectivity index (χ1n) is 11.3. The zero-order valence-corrected chi connectivity index (χ0v) is 19.2. The molecule has 1 aromatic heterocycles. The second-order valence-electron chi connectivity index (χ2n) is 8.15. The van der Waals surface area contributed by atoms with Crippen LogP contribution in [0.1, 0.15) is 12.5 Å². The first kappa shape index (κ1) is 24.6. The minimum absolute atomic E-state index is 0.120. The van der Waals surface area contributed by atoms with E-state index in [1.807, 2.05) is 24.3 Å². The van der Waals surface area contributed by atoms with E-state index in [2.05, 4.69) is 20.9 Å². The first-order valence-corrected chi connectivity index (χ1v) is 11.3. The Morgan fingerprint density at radius 1 is 1.26 bits per heavy atom. The molecule has 1 aliphatic heterocycles. The highest BCUT2D eigenvalue weighted by molar-refractivity contribution is 5.81. The van der Waals surface area contributed by atoms with Crippen LogP contribution in [0.2, 0.25) is 0 Å². The number of aliphatic hydroxyl groups excluding tert-OH is 2. The van der Waals surface area contributed by atoms with Gasteiger partial charge in [0.05, 0.1) is 31.6 Å². The third-order valence-electron chi connectivity index (χ3n) is 5.86. The van der Waals surface area contributed by atoms with Crippen LogP contribution in [0, 0.1) is 5.82 Å². The predicted molar refractivity (Wildman–Crippen MR) is 125 cm³/mol. The van der Waals surface area contributed by atoms with Crippen molar-refractivity contribution in [2.24, 2.45) is 0 Å². The van der Waals surface area contributed by atoms with Gasteiger partial charge in [0.1, 0.15) is 35.6 Å². The summed E-state index contributed by atoms with van der Waals surface area (Å²) in [6.45, 7) is 0.303. The number of anilines is 1. The molecule has 0 bridgehead atoms. The molecule has 1 saturated heterocycles. The summed E-state index contributed by atoms with van der Waals surface area (Å²) < 4.78 is 26.0. The van der Waals surface area contributed by atoms with Gasteiger partial charge in [0, 0.05) is 25.1 Å². The van der Waals surface area contributed by atoms with Crippen LogP contribution in [0.15, 0.2) is 54.7 Å². The summed E-state index contributed by atoms with van der Waals surface area (Å²) in [6.07, 6.45) is -1.30. The summed E-state index contributed by atoms with van der Waals surface area (Å²) in [5.41, 5.74) is 1.77. The number of aromatic nitrogens is 3. The van der Waals surface area contributed by atoms with Crippen molar-refractivity contribution in [2.45, 2.75) is 30.8 Å². The number of carbonyl (C=O) groups is 1. The quantitative estimate of drug-likeness (QED) is 0.335. The SMILES string of the molecule is COc1ccccc1NCCNC(=O)[C@H]1C[C@@H](n2cc(-c3cccc(F)c3)nn2)[C@@H](O)[C@@H](CO)O1. The van der Waals surface area contributed by atoms with E-state index in [0.29, 0.717) is 30.1 Å². The fourth-order valence-electron chi connectivity index (χ4n) is 4.04. The Morgan fingerprint density at radius 3 is 2.86 bits per heavy atom. The van der Waals surface area contributed by atoms with Crippen LogP contribution in [0.3, 0.4) is 0 Å². The number of ether oxygens (including phenoxy) is 2. The summed E-state index contributed by atoms with van der Waals surface area (Å²) in [6, 6.07) is 12.7. The van der Waals surface area contributed by atoms with E-state index in [1.54, 1.807) is 25.4 Å². The number of halogens is 1. The highest BCUT2D eigenvalue weighted by atomic mass is 19.1. The van der Waals surface area contributed by atoms with Gasteiger partial charge in [-0.15, -0.1) is 5.10 Å². The molecule has 0 saturated carbocycles. The Bertz CT molecular complexity index is 1140. The molecule has 11 heteroatoms. The smallest absolute Gasteiger partial charge is 0.249 e. The molecular weight excluding hydrogens is 457 g/mol. The van der Waals surface area contributed by atoms with Crippen molar-refractivity contribution < 1.29 is 28.9 Å². The largest absolute Gasteiger partial charge is 0.495 e. The standard InChI is InChI=1S/C24H28FN5O5/c1-34-20-8-3-2-7-17(20)26-9-10-27-24(33)21-12-19(23(32)22(14-31)35-21)30-13-18(28-29-30)15-5-4-6-16(25)11-15/h2-8,11,13,19,21-23,26,31-32H,9-10,12,14H2,1H3,(H,27,33)/t19-,21-,22-,23-/m1/s1. The van der Waals surface area contributed by atoms with E-state index in [1.165, 1.54) is 16.8 Å². The lowest BCUT2D eigenvalue weighted by Gasteiger charge is -2.37. The number of hydrogen-bond donors (Lipinski definition) is 4. The van der Waals surface area contributed by atoms with E-state index in [9.17, 15) is 19.4 Å². The molecule has 35 heavy (non-hydrogen) atoms. The maximum atomic E-state index is 13.6. The van der Waals surface area contributed by atoms with Crippen molar-refractivity contribution in [3.8, 4) is 17.0 Å². The Hall–Kier alpha value is -3.54. The molecule has 0 spiro atoms. The summed E-state index contributed by atoms with van der Waals surface area (Å²) in [4.78, 5) is 12.8. The molecule has 3 aromatic rings. The number of para-hydroxylation sites is 2. The number of rotatable bonds is 9. The molecular formula is C24H28FN5O5. The average molecular weight is 486 g/mol. The lowest BCUT2D eigenvalue weighted by Crippen LogP contribution is -2.52. The van der Waals surface area contributed by atoms with Gasteiger partial charge >= 0.3 is 0 Å². The number of carbonyl (C=O) groups excluding carboxylic acids is 1. The number of nitrogens with zero attached hydrogens (tertiary/aromatic N) is 3. The molecule has 0 unspecified atom stereocenters. The average Bonchev–Trinajstić information content (AvgIpc) is 3.37. The molecule has 4 N–H and O–H groups in total. The van der Waals surface area contributed by atoms with E-state index in [0.717, 1.165) is 5.69 Å². The maximum Gasteiger partial charge on any atom is 0.249 e. The van der Waals surface area contributed by atoms with E-state index < -0.39 is 36.8 Å². The zero-order valence-electron chi connectivity index (χ0n) is 19.2. The number of amides is 1. The number of benzene rings is 2. The highest BCUT2D eigenvalue weighted by Gasteiger charge is 2.41. The second-order valence-corrected chi connectivity index (χ2v) is 8.15. The van der Waals surface area contributed by atoms with Crippen molar-refractivity contribution in [2.75, 3.05) is 32.1 Å². The van der Waals surface area contributed by atoms with Gasteiger partial charge in [-0.1, -0.05) is 29.5 Å². The van der Waals surface area contributed by atoms with Crippen LogP contribution < -0.4 is 15.4 Å². The van der Waals surface area contributed by atoms with Crippen LogP contribution >= 0.6 is 0 Å². The summed E-state index contributed by atoms with van der Waals surface area (Å²) >= 11 is 0. The number of aliphatic hydroxyl groups is 2. The van der Waals surface area contributed by atoms with Gasteiger partial charge in [0.25, 0.3) is 0 Å². The van der Waals surface area contributed by atoms with Crippen LogP contribution in [-0.2, 0) is 9.53 Å². The molecule has 4 rings (SSSR count). The van der Waals surface area contributed by atoms with E-state index in [-0.39, 0.29) is 12.3 Å². The summed E-state index contributed by atoms with van der Waals surface area (Å²) in [5.74, 6) is -0.0735. The fourth-order valence-corrected chi connectivity index (χ4v) is 4.04. The number of nitrogens with one attached hydrogen (secondary N) is 2. The zero-order chi connectivity index (χ0) is 24.8. The second kappa shape index (κ2) is 11.3. The lowest BCUT2D eigenvalue weighted by molar-refractivity contribution is -0.171. The molecule has 4 atom stereocenters. The van der Waals surface area contributed by atoms with E-state index >= 15 is 0 Å². The third-order valence-corrected chi connectivity index (χ3v) is 5.86. The molecule has 1 fully saturated rings. The minimum Gasteiger partial charge on any atom is -0.495 e. The third kappa shape index (κ3) is 5.76. The molecule has 10 nitrogen and oxygen atoms in total. The van der Waals surface area contributed by atoms with Gasteiger partial charge in [-0.2, -0.15) is 0 Å². The van der Waals surface area contributed by atoms with Crippen molar-refractivity contribution in [3.05, 3.63) is 60.5 Å². The summed E-state index contributed by atoms with van der Waals surface area (Å²) in [7, 11) is 1.58. The van der Waals surface area contributed by atoms with Crippen molar-refractivity contribution in [1.82, 2.24) is 20.3 Å². The maximum absolute atomic E-state index is 13.6. The molecule has 0 radical (unpaired) electrons. The fraction of sp³-hybridized carbons (Fsp3) is 0.375. The first-order chi connectivity index (χ1) is 17.0. The van der Waals surface area contributed by atoms with Gasteiger partial charge in [-0.3, -0.25) is 4.79 Å². The van der Waals surface area contributed by atoms with Crippen LogP contribution in [0.5, 0.6) is 5.75 Å². The predicted octanol–water partition coefficient (Wildman–Crippen LogP) is 1.37. The lowest BCUT2D eigenvalue weighted by atomic mass is 9.95. The van der Waals surface area contributed by atoms with Crippen LogP contribution in [-0.4, -0.2) is 76.2 Å². The molecule has 2 aromatic carbocycles. The Kier molecular flexibility index (Phi) is 7.91. The van der Waals surface area contributed by atoms with Gasteiger partial charge < -0.3 is 30.3 Å². The molecule has 0 aliphatic carbocycles. The van der Waals surface area contributed by atoms with Gasteiger partial charge in [0.15, 0.2) is 0 Å².